The lowest BCUT2D eigenvalue weighted by Crippen LogP contribution is -2.41. The molecule has 0 aliphatic rings. The van der Waals surface area contributed by atoms with E-state index in [1.807, 2.05) is 0 Å². The van der Waals surface area contributed by atoms with Crippen molar-refractivity contribution in [3.63, 3.8) is 0 Å². The average molecular weight is 346 g/mol. The fraction of sp³-hybridized carbons (Fsp3) is 0.250. The highest BCUT2D eigenvalue weighted by molar-refractivity contribution is 5.93. The zero-order chi connectivity index (χ0) is 18.4. The second-order valence-corrected chi connectivity index (χ2v) is 5.22. The molecule has 2 aromatic heterocycles. The van der Waals surface area contributed by atoms with E-state index in [4.69, 9.17) is 4.42 Å². The Morgan fingerprint density at radius 2 is 1.96 bits per heavy atom. The Kier molecular flexibility index (Phi) is 5.72. The number of aromatic nitrogens is 2. The molecule has 2 heterocycles. The molecule has 2 N–H and O–H groups in total. The van der Waals surface area contributed by atoms with Crippen molar-refractivity contribution in [3.05, 3.63) is 62.8 Å². The zero-order valence-electron chi connectivity index (χ0n) is 13.8. The molecule has 9 nitrogen and oxygen atoms in total. The third kappa shape index (κ3) is 4.80. The highest BCUT2D eigenvalue weighted by Gasteiger charge is 2.08. The maximum absolute atomic E-state index is 11.8. The number of furan rings is 1. The summed E-state index contributed by atoms with van der Waals surface area (Å²) < 4.78 is 7.27. The predicted molar refractivity (Wildman–Crippen MR) is 89.5 cm³/mol. The van der Waals surface area contributed by atoms with E-state index in [1.54, 1.807) is 12.1 Å². The Bertz CT molecular complexity index is 906. The summed E-state index contributed by atoms with van der Waals surface area (Å²) in [5.41, 5.74) is -0.567. The normalized spacial score (nSPS) is 10.8. The van der Waals surface area contributed by atoms with Gasteiger partial charge in [-0.15, -0.1) is 0 Å². The second kappa shape index (κ2) is 7.95. The van der Waals surface area contributed by atoms with Crippen molar-refractivity contribution in [2.24, 2.45) is 14.1 Å². The number of nitrogens with one attached hydrogen (secondary N) is 2. The number of nitrogens with zero attached hydrogens (tertiary/aromatic N) is 2. The van der Waals surface area contributed by atoms with Gasteiger partial charge in [-0.2, -0.15) is 0 Å². The number of hydrogen-bond donors (Lipinski definition) is 2. The first kappa shape index (κ1) is 18.0. The van der Waals surface area contributed by atoms with Crippen LogP contribution in [0.4, 0.5) is 0 Å². The average Bonchev–Trinajstić information content (AvgIpc) is 3.11. The molecule has 0 saturated carbocycles. The summed E-state index contributed by atoms with van der Waals surface area (Å²) in [6.45, 7) is -0.237. The molecule has 0 aliphatic carbocycles. The van der Waals surface area contributed by atoms with Gasteiger partial charge in [-0.25, -0.2) is 4.79 Å². The summed E-state index contributed by atoms with van der Waals surface area (Å²) in [6, 6.07) is 4.65. The third-order valence-electron chi connectivity index (χ3n) is 3.46. The predicted octanol–water partition coefficient (Wildman–Crippen LogP) is -0.877. The highest BCUT2D eigenvalue weighted by Crippen LogP contribution is 2.01. The van der Waals surface area contributed by atoms with Gasteiger partial charge >= 0.3 is 5.69 Å². The van der Waals surface area contributed by atoms with Crippen LogP contribution in [0.2, 0.25) is 0 Å². The number of carbonyl (C=O) groups is 2. The molecule has 2 aromatic rings. The molecule has 9 heteroatoms. The summed E-state index contributed by atoms with van der Waals surface area (Å²) in [6.07, 6.45) is 4.20. The van der Waals surface area contributed by atoms with E-state index in [-0.39, 0.29) is 13.1 Å². The molecule has 0 aliphatic heterocycles. The van der Waals surface area contributed by atoms with Crippen LogP contribution >= 0.6 is 0 Å². The molecule has 2 amide bonds. The highest BCUT2D eigenvalue weighted by atomic mass is 16.3. The molecule has 0 fully saturated rings. The fourth-order valence-corrected chi connectivity index (χ4v) is 1.97. The van der Waals surface area contributed by atoms with Crippen molar-refractivity contribution < 1.29 is 14.0 Å². The van der Waals surface area contributed by atoms with Crippen LogP contribution in [0.5, 0.6) is 0 Å². The minimum Gasteiger partial charge on any atom is -0.465 e. The maximum atomic E-state index is 11.8. The van der Waals surface area contributed by atoms with Gasteiger partial charge in [0.1, 0.15) is 5.76 Å². The summed E-state index contributed by atoms with van der Waals surface area (Å²) in [4.78, 5) is 46.7. The van der Waals surface area contributed by atoms with Crippen LogP contribution in [0.3, 0.4) is 0 Å². The van der Waals surface area contributed by atoms with Gasteiger partial charge in [0.05, 0.1) is 19.4 Å². The van der Waals surface area contributed by atoms with Gasteiger partial charge in [-0.1, -0.05) is 0 Å². The first-order valence-electron chi connectivity index (χ1n) is 7.40. The second-order valence-electron chi connectivity index (χ2n) is 5.22. The van der Waals surface area contributed by atoms with Gasteiger partial charge in [0.2, 0.25) is 11.8 Å². The van der Waals surface area contributed by atoms with Crippen molar-refractivity contribution in [2.75, 3.05) is 6.54 Å². The monoisotopic (exact) mass is 346 g/mol. The van der Waals surface area contributed by atoms with Crippen LogP contribution < -0.4 is 21.9 Å². The topological polar surface area (TPSA) is 115 Å². The minimum atomic E-state index is -0.479. The molecule has 25 heavy (non-hydrogen) atoms. The lowest BCUT2D eigenvalue weighted by atomic mass is 10.3. The minimum absolute atomic E-state index is 0.00123. The molecular weight excluding hydrogens is 328 g/mol. The molecule has 0 saturated heterocycles. The van der Waals surface area contributed by atoms with E-state index in [0.717, 1.165) is 4.57 Å². The third-order valence-corrected chi connectivity index (χ3v) is 3.46. The summed E-state index contributed by atoms with van der Waals surface area (Å²) in [5.74, 6) is -0.383. The van der Waals surface area contributed by atoms with E-state index in [0.29, 0.717) is 11.5 Å². The van der Waals surface area contributed by atoms with Crippen molar-refractivity contribution >= 4 is 17.9 Å². The van der Waals surface area contributed by atoms with Crippen LogP contribution in [0.15, 0.2) is 44.5 Å². The van der Waals surface area contributed by atoms with E-state index < -0.39 is 23.1 Å². The number of hydrogen-bond acceptors (Lipinski definition) is 5. The molecule has 132 valence electrons. The van der Waals surface area contributed by atoms with E-state index in [9.17, 15) is 19.2 Å². The van der Waals surface area contributed by atoms with Gasteiger partial charge < -0.3 is 15.1 Å². The molecule has 2 rings (SSSR count). The van der Waals surface area contributed by atoms with Gasteiger partial charge in [0, 0.05) is 31.9 Å². The summed E-state index contributed by atoms with van der Waals surface area (Å²) >= 11 is 0. The first-order chi connectivity index (χ1) is 11.9. The molecule has 0 radical (unpaired) electrons. The van der Waals surface area contributed by atoms with E-state index in [1.165, 1.54) is 43.1 Å². The van der Waals surface area contributed by atoms with Crippen LogP contribution in [0, 0.1) is 0 Å². The Morgan fingerprint density at radius 3 is 2.64 bits per heavy atom. The number of carbonyl (C=O) groups excluding carboxylic acids is 2. The van der Waals surface area contributed by atoms with Crippen molar-refractivity contribution in [2.45, 2.75) is 6.54 Å². The Hall–Kier alpha value is -3.36. The lowest BCUT2D eigenvalue weighted by Gasteiger charge is -2.10. The van der Waals surface area contributed by atoms with E-state index in [2.05, 4.69) is 10.6 Å². The Morgan fingerprint density at radius 1 is 1.20 bits per heavy atom. The molecule has 0 unspecified atom stereocenters. The van der Waals surface area contributed by atoms with Crippen molar-refractivity contribution in [1.29, 1.82) is 0 Å². The van der Waals surface area contributed by atoms with Gasteiger partial charge in [0.15, 0.2) is 0 Å². The summed E-state index contributed by atoms with van der Waals surface area (Å²) in [7, 11) is 2.88. The lowest BCUT2D eigenvalue weighted by molar-refractivity contribution is -0.124. The Labute approximate surface area is 142 Å². The first-order valence-corrected chi connectivity index (χ1v) is 7.40. The van der Waals surface area contributed by atoms with Crippen LogP contribution in [-0.2, 0) is 30.2 Å². The van der Waals surface area contributed by atoms with E-state index >= 15 is 0 Å². The van der Waals surface area contributed by atoms with Gasteiger partial charge in [-0.05, 0) is 18.2 Å². The standard InChI is InChI=1S/C16H18N4O5/c1-19-11(8-15(23)20(2)16(19)24)9-17-14(22)10-18-13(21)6-5-12-4-3-7-25-12/h3-8H,9-10H2,1-2H3,(H,17,22)(H,18,21). The van der Waals surface area contributed by atoms with Crippen LogP contribution in [0.1, 0.15) is 11.5 Å². The molecule has 0 bridgehead atoms. The van der Waals surface area contributed by atoms with Crippen LogP contribution in [-0.4, -0.2) is 27.5 Å². The smallest absolute Gasteiger partial charge is 0.330 e. The fourth-order valence-electron chi connectivity index (χ4n) is 1.97. The summed E-state index contributed by atoms with van der Waals surface area (Å²) in [5, 5.41) is 4.95. The van der Waals surface area contributed by atoms with Crippen LogP contribution in [0.25, 0.3) is 6.08 Å². The zero-order valence-corrected chi connectivity index (χ0v) is 13.8. The molecular formula is C16H18N4O5. The molecule has 0 atom stereocenters. The SMILES string of the molecule is Cn1c(CNC(=O)CNC(=O)C=Cc2ccco2)cc(=O)n(C)c1=O. The molecule has 0 aromatic carbocycles. The number of amides is 2. The maximum Gasteiger partial charge on any atom is 0.330 e. The van der Waals surface area contributed by atoms with Crippen molar-refractivity contribution in [3.8, 4) is 0 Å². The molecule has 0 spiro atoms. The Balaban J connectivity index is 1.84. The van der Waals surface area contributed by atoms with Crippen molar-refractivity contribution in [1.82, 2.24) is 19.8 Å². The largest absolute Gasteiger partial charge is 0.465 e. The van der Waals surface area contributed by atoms with Gasteiger partial charge in [0.25, 0.3) is 5.56 Å². The van der Waals surface area contributed by atoms with Gasteiger partial charge in [-0.3, -0.25) is 23.5 Å². The number of rotatable bonds is 6. The quantitative estimate of drug-likeness (QED) is 0.659.